The standard InChI is InChI=1S/C20H25FN4O3/c1-3-10-6-24(8-13(10)22)18-9(2)17-14(16(23)15(18)21)19(26)12(20(27)28)7-25(17)11-4-5-11/h7,10-11,13H,3-6,8,22-23H2,1-2H3,(H,27,28)/t10-,13-/m1/s1. The fourth-order valence-electron chi connectivity index (χ4n) is 4.46. The number of hydrogen-bond donors (Lipinski definition) is 3. The van der Waals surface area contributed by atoms with Crippen molar-refractivity contribution in [2.75, 3.05) is 23.7 Å². The molecule has 2 fully saturated rings. The van der Waals surface area contributed by atoms with Crippen molar-refractivity contribution in [2.24, 2.45) is 11.7 Å². The number of carboxylic acids is 1. The lowest BCUT2D eigenvalue weighted by Gasteiger charge is -2.25. The van der Waals surface area contributed by atoms with Gasteiger partial charge in [-0.05, 0) is 31.2 Å². The fourth-order valence-corrected chi connectivity index (χ4v) is 4.46. The number of nitrogens with zero attached hydrogens (tertiary/aromatic N) is 2. The van der Waals surface area contributed by atoms with Gasteiger partial charge in [-0.3, -0.25) is 4.79 Å². The lowest BCUT2D eigenvalue weighted by molar-refractivity contribution is 0.0695. The molecule has 1 aliphatic carbocycles. The summed E-state index contributed by atoms with van der Waals surface area (Å²) in [6.07, 6.45) is 4.05. The highest BCUT2D eigenvalue weighted by Gasteiger charge is 2.35. The normalized spacial score (nSPS) is 22.2. The van der Waals surface area contributed by atoms with E-state index in [0.717, 1.165) is 19.3 Å². The third kappa shape index (κ3) is 2.66. The molecule has 150 valence electrons. The van der Waals surface area contributed by atoms with Crippen LogP contribution in [0.2, 0.25) is 0 Å². The van der Waals surface area contributed by atoms with Gasteiger partial charge in [0, 0.05) is 31.4 Å². The molecule has 0 amide bonds. The Morgan fingerprint density at radius 2 is 2.04 bits per heavy atom. The molecule has 2 heterocycles. The molecular weight excluding hydrogens is 363 g/mol. The monoisotopic (exact) mass is 388 g/mol. The zero-order valence-corrected chi connectivity index (χ0v) is 16.0. The minimum Gasteiger partial charge on any atom is -0.477 e. The van der Waals surface area contributed by atoms with Crippen molar-refractivity contribution in [3.05, 3.63) is 33.4 Å². The number of aromatic carboxylic acids is 1. The molecule has 4 rings (SSSR count). The molecular formula is C20H25FN4O3. The third-order valence-electron chi connectivity index (χ3n) is 6.16. The summed E-state index contributed by atoms with van der Waals surface area (Å²) >= 11 is 0. The molecule has 1 aromatic carbocycles. The molecule has 5 N–H and O–H groups in total. The summed E-state index contributed by atoms with van der Waals surface area (Å²) in [4.78, 5) is 26.3. The largest absolute Gasteiger partial charge is 0.477 e. The predicted octanol–water partition coefficient (Wildman–Crippen LogP) is 2.24. The van der Waals surface area contributed by atoms with E-state index < -0.39 is 17.2 Å². The van der Waals surface area contributed by atoms with Gasteiger partial charge in [-0.2, -0.15) is 0 Å². The number of halogens is 1. The van der Waals surface area contributed by atoms with Crippen LogP contribution in [0.15, 0.2) is 11.0 Å². The van der Waals surface area contributed by atoms with Crippen LogP contribution in [-0.4, -0.2) is 34.8 Å². The van der Waals surface area contributed by atoms with E-state index in [2.05, 4.69) is 6.92 Å². The highest BCUT2D eigenvalue weighted by molar-refractivity contribution is 6.01. The minimum absolute atomic E-state index is 0.0407. The number of hydrogen-bond acceptors (Lipinski definition) is 5. The van der Waals surface area contributed by atoms with Crippen LogP contribution in [0, 0.1) is 18.7 Å². The molecule has 0 radical (unpaired) electrons. The Morgan fingerprint density at radius 1 is 1.36 bits per heavy atom. The predicted molar refractivity (Wildman–Crippen MR) is 107 cm³/mol. The van der Waals surface area contributed by atoms with Gasteiger partial charge < -0.3 is 26.0 Å². The Hall–Kier alpha value is -2.61. The first-order valence-electron chi connectivity index (χ1n) is 9.66. The molecule has 0 unspecified atom stereocenters. The summed E-state index contributed by atoms with van der Waals surface area (Å²) in [7, 11) is 0. The lowest BCUT2D eigenvalue weighted by atomic mass is 10.0. The van der Waals surface area contributed by atoms with E-state index in [-0.39, 0.29) is 34.6 Å². The summed E-state index contributed by atoms with van der Waals surface area (Å²) in [6, 6.07) is 0.0440. The van der Waals surface area contributed by atoms with E-state index in [4.69, 9.17) is 11.5 Å². The summed E-state index contributed by atoms with van der Waals surface area (Å²) in [5.41, 5.74) is 12.4. The van der Waals surface area contributed by atoms with Gasteiger partial charge in [0.1, 0.15) is 5.56 Å². The number of aryl methyl sites for hydroxylation is 1. The number of carbonyl (C=O) groups is 1. The van der Waals surface area contributed by atoms with Gasteiger partial charge in [0.05, 0.1) is 22.3 Å². The first-order chi connectivity index (χ1) is 13.3. The Balaban J connectivity index is 2.03. The highest BCUT2D eigenvalue weighted by atomic mass is 19.1. The molecule has 8 heteroatoms. The second kappa shape index (κ2) is 6.48. The minimum atomic E-state index is -1.33. The number of fused-ring (bicyclic) bond motifs is 1. The molecule has 1 aliphatic heterocycles. The Morgan fingerprint density at radius 3 is 2.57 bits per heavy atom. The van der Waals surface area contributed by atoms with Crippen molar-refractivity contribution in [1.82, 2.24) is 4.57 Å². The third-order valence-corrected chi connectivity index (χ3v) is 6.16. The zero-order valence-electron chi connectivity index (χ0n) is 16.0. The average Bonchev–Trinajstić information content (AvgIpc) is 3.42. The Kier molecular flexibility index (Phi) is 4.33. The van der Waals surface area contributed by atoms with Crippen molar-refractivity contribution in [3.63, 3.8) is 0 Å². The quantitative estimate of drug-likeness (QED) is 0.692. The number of aromatic nitrogens is 1. The average molecular weight is 388 g/mol. The summed E-state index contributed by atoms with van der Waals surface area (Å²) < 4.78 is 17.2. The van der Waals surface area contributed by atoms with E-state index >= 15 is 4.39 Å². The lowest BCUT2D eigenvalue weighted by Crippen LogP contribution is -2.30. The van der Waals surface area contributed by atoms with Crippen LogP contribution >= 0.6 is 0 Å². The molecule has 2 atom stereocenters. The molecule has 2 aromatic rings. The number of benzene rings is 1. The maximum atomic E-state index is 15.4. The van der Waals surface area contributed by atoms with Crippen LogP contribution in [-0.2, 0) is 0 Å². The smallest absolute Gasteiger partial charge is 0.341 e. The maximum absolute atomic E-state index is 15.4. The van der Waals surface area contributed by atoms with Gasteiger partial charge >= 0.3 is 5.97 Å². The molecule has 28 heavy (non-hydrogen) atoms. The van der Waals surface area contributed by atoms with Crippen molar-refractivity contribution >= 4 is 28.2 Å². The molecule has 1 saturated heterocycles. The highest BCUT2D eigenvalue weighted by Crippen LogP contribution is 2.42. The second-order valence-electron chi connectivity index (χ2n) is 7.98. The van der Waals surface area contributed by atoms with Crippen LogP contribution < -0.4 is 21.8 Å². The van der Waals surface area contributed by atoms with Crippen LogP contribution in [0.1, 0.15) is 48.1 Å². The summed E-state index contributed by atoms with van der Waals surface area (Å²) in [6.45, 7) is 4.97. The zero-order chi connectivity index (χ0) is 20.3. The maximum Gasteiger partial charge on any atom is 0.341 e. The number of nitrogen functional groups attached to an aromatic ring is 1. The summed E-state index contributed by atoms with van der Waals surface area (Å²) in [5.74, 6) is -1.74. The van der Waals surface area contributed by atoms with E-state index in [1.807, 2.05) is 4.90 Å². The van der Waals surface area contributed by atoms with Gasteiger partial charge in [0.25, 0.3) is 0 Å². The number of carboxylic acid groups (broad SMARTS) is 1. The first kappa shape index (κ1) is 18.7. The van der Waals surface area contributed by atoms with E-state index in [0.29, 0.717) is 29.9 Å². The molecule has 7 nitrogen and oxygen atoms in total. The Bertz CT molecular complexity index is 1040. The van der Waals surface area contributed by atoms with Gasteiger partial charge in [-0.1, -0.05) is 13.3 Å². The number of nitrogens with two attached hydrogens (primary N) is 2. The van der Waals surface area contributed by atoms with E-state index in [1.165, 1.54) is 6.20 Å². The fraction of sp³-hybridized carbons (Fsp3) is 0.500. The molecule has 1 saturated carbocycles. The van der Waals surface area contributed by atoms with Crippen molar-refractivity contribution in [1.29, 1.82) is 0 Å². The van der Waals surface area contributed by atoms with Crippen LogP contribution in [0.25, 0.3) is 10.9 Å². The van der Waals surface area contributed by atoms with E-state index in [9.17, 15) is 14.7 Å². The van der Waals surface area contributed by atoms with Crippen molar-refractivity contribution in [2.45, 2.75) is 45.2 Å². The number of pyridine rings is 1. The first-order valence-corrected chi connectivity index (χ1v) is 9.66. The summed E-state index contributed by atoms with van der Waals surface area (Å²) in [5, 5.41) is 9.38. The van der Waals surface area contributed by atoms with Crippen LogP contribution in [0.5, 0.6) is 0 Å². The number of rotatable bonds is 4. The van der Waals surface area contributed by atoms with Gasteiger partial charge in [-0.15, -0.1) is 0 Å². The molecule has 2 aliphatic rings. The Labute approximate surface area is 161 Å². The topological polar surface area (TPSA) is 115 Å². The van der Waals surface area contributed by atoms with E-state index in [1.54, 1.807) is 11.5 Å². The molecule has 0 bridgehead atoms. The van der Waals surface area contributed by atoms with Gasteiger partial charge in [0.2, 0.25) is 5.43 Å². The van der Waals surface area contributed by atoms with Gasteiger partial charge in [-0.25, -0.2) is 9.18 Å². The van der Waals surface area contributed by atoms with Crippen LogP contribution in [0.4, 0.5) is 15.8 Å². The molecule has 0 spiro atoms. The molecule has 1 aromatic heterocycles. The van der Waals surface area contributed by atoms with Gasteiger partial charge in [0.15, 0.2) is 5.82 Å². The number of anilines is 2. The second-order valence-corrected chi connectivity index (χ2v) is 7.98. The van der Waals surface area contributed by atoms with Crippen LogP contribution in [0.3, 0.4) is 0 Å². The SMILES string of the molecule is CC[C@@H]1CN(c2c(F)c(N)c3c(=O)c(C(=O)O)cn(C4CC4)c3c2C)C[C@H]1N. The van der Waals surface area contributed by atoms with Crippen molar-refractivity contribution < 1.29 is 14.3 Å². The van der Waals surface area contributed by atoms with Crippen molar-refractivity contribution in [3.8, 4) is 0 Å².